The first-order chi connectivity index (χ1) is 9.52. The average molecular weight is 291 g/mol. The zero-order chi connectivity index (χ0) is 14.3. The van der Waals surface area contributed by atoms with Gasteiger partial charge in [-0.05, 0) is 25.0 Å². The van der Waals surface area contributed by atoms with Crippen molar-refractivity contribution in [2.24, 2.45) is 0 Å². The van der Waals surface area contributed by atoms with Crippen molar-refractivity contribution in [3.63, 3.8) is 0 Å². The van der Waals surface area contributed by atoms with Gasteiger partial charge >= 0.3 is 7.05 Å². The number of aromatic nitrogens is 1. The van der Waals surface area contributed by atoms with E-state index in [2.05, 4.69) is 10.3 Å². The molecule has 0 unspecified atom stereocenters. The minimum atomic E-state index is -0.399. The molecular weight excluding hydrogens is 274 g/mol. The summed E-state index contributed by atoms with van der Waals surface area (Å²) in [7, 11) is -0.399. The van der Waals surface area contributed by atoms with Crippen LogP contribution >= 0.6 is 11.6 Å². The maximum Gasteiger partial charge on any atom is 0.376 e. The molecule has 1 fully saturated rings. The second-order valence-corrected chi connectivity index (χ2v) is 5.65. The van der Waals surface area contributed by atoms with Crippen LogP contribution in [0.3, 0.4) is 0 Å². The number of pyridine rings is 1. The Bertz CT molecular complexity index is 646. The number of halogens is 1. The minimum absolute atomic E-state index is 0.306. The lowest BCUT2D eigenvalue weighted by atomic mass is 9.80. The lowest BCUT2D eigenvalue weighted by Crippen LogP contribution is -2.59. The van der Waals surface area contributed by atoms with Gasteiger partial charge in [-0.25, -0.2) is 4.98 Å². The van der Waals surface area contributed by atoms with E-state index in [-0.39, 0.29) is 0 Å². The van der Waals surface area contributed by atoms with E-state index in [1.807, 2.05) is 23.0 Å². The first kappa shape index (κ1) is 13.5. The first-order valence-electron chi connectivity index (χ1n) is 6.56. The summed E-state index contributed by atoms with van der Waals surface area (Å²) in [5.74, 6) is 0.488. The van der Waals surface area contributed by atoms with Gasteiger partial charge in [-0.3, -0.25) is 0 Å². The molecule has 0 aliphatic carbocycles. The van der Waals surface area contributed by atoms with Gasteiger partial charge < -0.3 is 20.9 Å². The van der Waals surface area contributed by atoms with Gasteiger partial charge in [0.05, 0.1) is 0 Å². The summed E-state index contributed by atoms with van der Waals surface area (Å²) in [5, 5.41) is 15.5. The monoisotopic (exact) mass is 290 g/mol. The smallest absolute Gasteiger partial charge is 0.376 e. The molecule has 0 atom stereocenters. The SMILES string of the molecule is CB(O)N1CC(Nc2cc(Cl)cc3cnc(N)cc23)C1. The molecule has 1 aliphatic heterocycles. The normalized spacial score (nSPS) is 16.1. The highest BCUT2D eigenvalue weighted by molar-refractivity contribution is 6.45. The van der Waals surface area contributed by atoms with Crippen molar-refractivity contribution >= 4 is 40.9 Å². The number of nitrogens with one attached hydrogen (secondary N) is 1. The predicted octanol–water partition coefficient (Wildman–Crippen LogP) is 1.68. The molecule has 4 N–H and O–H groups in total. The summed E-state index contributed by atoms with van der Waals surface area (Å²) in [4.78, 5) is 6.07. The molecule has 7 heteroatoms. The van der Waals surface area contributed by atoms with Crippen molar-refractivity contribution in [1.29, 1.82) is 0 Å². The molecule has 1 aromatic heterocycles. The van der Waals surface area contributed by atoms with Gasteiger partial charge in [-0.2, -0.15) is 0 Å². The largest absolute Gasteiger partial charge is 0.437 e. The lowest BCUT2D eigenvalue weighted by molar-refractivity contribution is 0.248. The van der Waals surface area contributed by atoms with Gasteiger partial charge in [0.15, 0.2) is 0 Å². The van der Waals surface area contributed by atoms with Gasteiger partial charge in [0, 0.05) is 46.8 Å². The van der Waals surface area contributed by atoms with Crippen LogP contribution in [0.5, 0.6) is 0 Å². The molecule has 0 amide bonds. The molecule has 1 saturated heterocycles. The van der Waals surface area contributed by atoms with E-state index in [0.717, 1.165) is 29.5 Å². The molecular formula is C13H16BClN4O. The summed E-state index contributed by atoms with van der Waals surface area (Å²) in [6.45, 7) is 3.40. The number of fused-ring (bicyclic) bond motifs is 1. The topological polar surface area (TPSA) is 74.4 Å². The van der Waals surface area contributed by atoms with Crippen LogP contribution < -0.4 is 11.1 Å². The van der Waals surface area contributed by atoms with Crippen molar-refractivity contribution in [2.45, 2.75) is 12.9 Å². The van der Waals surface area contributed by atoms with E-state index >= 15 is 0 Å². The molecule has 3 rings (SSSR count). The average Bonchev–Trinajstić information content (AvgIpc) is 2.33. The lowest BCUT2D eigenvalue weighted by Gasteiger charge is -2.41. The van der Waals surface area contributed by atoms with Crippen LogP contribution in [0.4, 0.5) is 11.5 Å². The van der Waals surface area contributed by atoms with Crippen LogP contribution in [0, 0.1) is 0 Å². The number of rotatable bonds is 3. The fraction of sp³-hybridized carbons (Fsp3) is 0.308. The third kappa shape index (κ3) is 2.54. The molecule has 20 heavy (non-hydrogen) atoms. The second-order valence-electron chi connectivity index (χ2n) is 5.21. The number of hydrogen-bond acceptors (Lipinski definition) is 5. The summed E-state index contributed by atoms with van der Waals surface area (Å²) < 4.78 is 0. The molecule has 5 nitrogen and oxygen atoms in total. The van der Waals surface area contributed by atoms with Crippen LogP contribution in [-0.4, -0.2) is 41.0 Å². The number of nitrogen functional groups attached to an aromatic ring is 1. The van der Waals surface area contributed by atoms with Gasteiger partial charge in [-0.15, -0.1) is 0 Å². The number of nitrogens with zero attached hydrogens (tertiary/aromatic N) is 2. The van der Waals surface area contributed by atoms with Gasteiger partial charge in [-0.1, -0.05) is 11.6 Å². The Morgan fingerprint density at radius 3 is 2.90 bits per heavy atom. The van der Waals surface area contributed by atoms with E-state index in [9.17, 15) is 5.02 Å². The predicted molar refractivity (Wildman–Crippen MR) is 84.0 cm³/mol. The van der Waals surface area contributed by atoms with E-state index < -0.39 is 7.05 Å². The summed E-state index contributed by atoms with van der Waals surface area (Å²) >= 11 is 6.14. The second kappa shape index (κ2) is 5.12. The van der Waals surface area contributed by atoms with Crippen LogP contribution in [-0.2, 0) is 0 Å². The molecule has 1 aromatic carbocycles. The zero-order valence-electron chi connectivity index (χ0n) is 11.2. The van der Waals surface area contributed by atoms with E-state index in [1.54, 1.807) is 13.0 Å². The maximum absolute atomic E-state index is 9.46. The Labute approximate surface area is 122 Å². The molecule has 0 saturated carbocycles. The fourth-order valence-corrected chi connectivity index (χ4v) is 2.71. The number of anilines is 2. The number of benzene rings is 1. The molecule has 0 radical (unpaired) electrons. The van der Waals surface area contributed by atoms with E-state index in [4.69, 9.17) is 17.3 Å². The third-order valence-corrected chi connectivity index (χ3v) is 3.84. The summed E-state index contributed by atoms with van der Waals surface area (Å²) in [5.41, 5.74) is 6.71. The van der Waals surface area contributed by atoms with Crippen LogP contribution in [0.15, 0.2) is 24.4 Å². The molecule has 2 aromatic rings. The summed E-state index contributed by atoms with van der Waals surface area (Å²) in [6, 6.07) is 5.92. The van der Waals surface area contributed by atoms with Crippen molar-refractivity contribution in [3.8, 4) is 0 Å². The Kier molecular flexibility index (Phi) is 3.46. The molecule has 0 spiro atoms. The van der Waals surface area contributed by atoms with Crippen LogP contribution in [0.25, 0.3) is 10.8 Å². The number of nitrogens with two attached hydrogens (primary N) is 1. The third-order valence-electron chi connectivity index (χ3n) is 3.62. The highest BCUT2D eigenvalue weighted by atomic mass is 35.5. The quantitative estimate of drug-likeness (QED) is 0.750. The Morgan fingerprint density at radius 2 is 2.20 bits per heavy atom. The standard InChI is InChI=1S/C13H16BClN4O/c1-14(20)19-6-10(7-19)18-12-3-9(15)2-8-5-17-13(16)4-11(8)12/h2-5,10,18,20H,6-7H2,1H3,(H2,16,17). The minimum Gasteiger partial charge on any atom is -0.437 e. The molecule has 1 aliphatic rings. The fourth-order valence-electron chi connectivity index (χ4n) is 2.48. The zero-order valence-corrected chi connectivity index (χ0v) is 11.9. The van der Waals surface area contributed by atoms with Crippen molar-refractivity contribution in [2.75, 3.05) is 24.1 Å². The Morgan fingerprint density at radius 1 is 1.45 bits per heavy atom. The van der Waals surface area contributed by atoms with Crippen molar-refractivity contribution in [1.82, 2.24) is 9.79 Å². The van der Waals surface area contributed by atoms with Crippen LogP contribution in [0.1, 0.15) is 0 Å². The molecule has 2 heterocycles. The van der Waals surface area contributed by atoms with Gasteiger partial charge in [0.1, 0.15) is 5.82 Å². The number of hydrogen-bond donors (Lipinski definition) is 3. The van der Waals surface area contributed by atoms with Crippen molar-refractivity contribution in [3.05, 3.63) is 29.4 Å². The van der Waals surface area contributed by atoms with Gasteiger partial charge in [0.2, 0.25) is 0 Å². The summed E-state index contributed by atoms with van der Waals surface area (Å²) in [6.07, 6.45) is 1.73. The molecule has 104 valence electrons. The van der Waals surface area contributed by atoms with Crippen molar-refractivity contribution < 1.29 is 5.02 Å². The highest BCUT2D eigenvalue weighted by Crippen LogP contribution is 2.30. The van der Waals surface area contributed by atoms with E-state index in [0.29, 0.717) is 16.9 Å². The van der Waals surface area contributed by atoms with E-state index in [1.165, 1.54) is 0 Å². The maximum atomic E-state index is 9.46. The first-order valence-corrected chi connectivity index (χ1v) is 6.94. The molecule has 0 bridgehead atoms. The van der Waals surface area contributed by atoms with Gasteiger partial charge in [0.25, 0.3) is 0 Å². The highest BCUT2D eigenvalue weighted by Gasteiger charge is 2.31. The van der Waals surface area contributed by atoms with Crippen LogP contribution in [0.2, 0.25) is 11.8 Å². The Balaban J connectivity index is 1.86. The Hall–Kier alpha value is -1.50.